The molecule has 3 aromatic rings. The Hall–Kier alpha value is -1.51. The fraction of sp³-hybridized carbons (Fsp3) is 0.500. The van der Waals surface area contributed by atoms with E-state index in [0.717, 1.165) is 34.9 Å². The van der Waals surface area contributed by atoms with Crippen LogP contribution >= 0.6 is 23.1 Å². The molecule has 1 fully saturated rings. The van der Waals surface area contributed by atoms with Gasteiger partial charge in [0, 0.05) is 10.3 Å². The summed E-state index contributed by atoms with van der Waals surface area (Å²) in [5, 5.41) is 10.9. The summed E-state index contributed by atoms with van der Waals surface area (Å²) in [7, 11) is 0. The van der Waals surface area contributed by atoms with E-state index in [0.29, 0.717) is 11.1 Å². The summed E-state index contributed by atoms with van der Waals surface area (Å²) >= 11 is 3.12. The molecule has 1 aliphatic heterocycles. The SMILES string of the molecule is Cc1sc2ncnc(Sc3nnc(CN4CCCCC4)o3)c2c1C. The van der Waals surface area contributed by atoms with Crippen molar-refractivity contribution in [2.75, 3.05) is 13.1 Å². The summed E-state index contributed by atoms with van der Waals surface area (Å²) in [6.07, 6.45) is 5.44. The van der Waals surface area contributed by atoms with Gasteiger partial charge in [-0.3, -0.25) is 4.90 Å². The van der Waals surface area contributed by atoms with E-state index in [2.05, 4.69) is 38.9 Å². The molecule has 0 radical (unpaired) electrons. The average Bonchev–Trinajstić information content (AvgIpc) is 3.14. The molecule has 4 heterocycles. The van der Waals surface area contributed by atoms with E-state index in [1.807, 2.05) is 0 Å². The molecule has 0 aliphatic carbocycles. The van der Waals surface area contributed by atoms with Crippen LogP contribution in [0.1, 0.15) is 35.6 Å². The first-order chi connectivity index (χ1) is 11.7. The minimum Gasteiger partial charge on any atom is -0.414 e. The number of thiophene rings is 1. The van der Waals surface area contributed by atoms with E-state index in [4.69, 9.17) is 4.42 Å². The van der Waals surface area contributed by atoms with Crippen molar-refractivity contribution in [2.24, 2.45) is 0 Å². The fourth-order valence-electron chi connectivity index (χ4n) is 2.96. The molecule has 0 atom stereocenters. The van der Waals surface area contributed by atoms with Gasteiger partial charge >= 0.3 is 0 Å². The Labute approximate surface area is 148 Å². The standard InChI is InChI=1S/C16H19N5OS2/c1-10-11(2)23-14-13(10)15(18-9-17-14)24-16-20-19-12(22-16)8-21-6-4-3-5-7-21/h9H,3-8H2,1-2H3. The van der Waals surface area contributed by atoms with E-state index >= 15 is 0 Å². The second-order valence-electron chi connectivity index (χ2n) is 6.04. The maximum Gasteiger partial charge on any atom is 0.283 e. The first-order valence-corrected chi connectivity index (χ1v) is 9.77. The third-order valence-electron chi connectivity index (χ3n) is 4.37. The molecule has 126 valence electrons. The molecule has 6 nitrogen and oxygen atoms in total. The van der Waals surface area contributed by atoms with Gasteiger partial charge in [-0.2, -0.15) is 0 Å². The van der Waals surface area contributed by atoms with Crippen molar-refractivity contribution < 1.29 is 4.42 Å². The lowest BCUT2D eigenvalue weighted by Gasteiger charge is -2.24. The Balaban J connectivity index is 1.54. The van der Waals surface area contributed by atoms with Crippen LogP contribution in [0.25, 0.3) is 10.2 Å². The van der Waals surface area contributed by atoms with Crippen molar-refractivity contribution in [2.45, 2.75) is 49.9 Å². The monoisotopic (exact) mass is 361 g/mol. The molecule has 1 saturated heterocycles. The van der Waals surface area contributed by atoms with E-state index in [1.54, 1.807) is 17.7 Å². The lowest BCUT2D eigenvalue weighted by Crippen LogP contribution is -2.29. The molecule has 4 rings (SSSR count). The van der Waals surface area contributed by atoms with Crippen LogP contribution < -0.4 is 0 Å². The molecule has 0 bridgehead atoms. The van der Waals surface area contributed by atoms with Crippen molar-refractivity contribution in [3.05, 3.63) is 22.7 Å². The van der Waals surface area contributed by atoms with Crippen LogP contribution in [0.2, 0.25) is 0 Å². The third kappa shape index (κ3) is 3.18. The fourth-order valence-corrected chi connectivity index (χ4v) is 4.86. The summed E-state index contributed by atoms with van der Waals surface area (Å²) in [6.45, 7) is 7.19. The molecule has 1 aliphatic rings. The number of hydrogen-bond donors (Lipinski definition) is 0. The number of nitrogens with zero attached hydrogens (tertiary/aromatic N) is 5. The van der Waals surface area contributed by atoms with Crippen LogP contribution in [0.15, 0.2) is 21.0 Å². The number of piperidine rings is 1. The average molecular weight is 361 g/mol. The molecular formula is C16H19N5OS2. The van der Waals surface area contributed by atoms with Crippen LogP contribution in [-0.2, 0) is 6.54 Å². The third-order valence-corrected chi connectivity index (χ3v) is 6.33. The number of hydrogen-bond acceptors (Lipinski definition) is 8. The second kappa shape index (κ2) is 6.78. The number of aromatic nitrogens is 4. The van der Waals surface area contributed by atoms with Gasteiger partial charge in [0.15, 0.2) is 0 Å². The Kier molecular flexibility index (Phi) is 4.51. The molecule has 0 aromatic carbocycles. The van der Waals surface area contributed by atoms with Crippen molar-refractivity contribution in [1.82, 2.24) is 25.1 Å². The molecule has 0 spiro atoms. The van der Waals surface area contributed by atoms with Gasteiger partial charge in [-0.1, -0.05) is 6.42 Å². The second-order valence-corrected chi connectivity index (χ2v) is 8.19. The van der Waals surface area contributed by atoms with Crippen molar-refractivity contribution in [3.63, 3.8) is 0 Å². The first kappa shape index (κ1) is 16.0. The Morgan fingerprint density at radius 3 is 2.83 bits per heavy atom. The van der Waals surface area contributed by atoms with Gasteiger partial charge < -0.3 is 4.42 Å². The molecule has 0 amide bonds. The number of fused-ring (bicyclic) bond motifs is 1. The van der Waals surface area contributed by atoms with E-state index in [-0.39, 0.29) is 0 Å². The Bertz CT molecular complexity index is 853. The van der Waals surface area contributed by atoms with Gasteiger partial charge in [0.05, 0.1) is 6.54 Å². The summed E-state index contributed by atoms with van der Waals surface area (Å²) in [4.78, 5) is 13.4. The number of likely N-dealkylation sites (tertiary alicyclic amines) is 1. The molecular weight excluding hydrogens is 342 g/mol. The maximum absolute atomic E-state index is 5.83. The zero-order chi connectivity index (χ0) is 16.5. The lowest BCUT2D eigenvalue weighted by molar-refractivity contribution is 0.197. The van der Waals surface area contributed by atoms with Crippen LogP contribution in [0.4, 0.5) is 0 Å². The molecule has 8 heteroatoms. The molecule has 0 unspecified atom stereocenters. The van der Waals surface area contributed by atoms with Gasteiger partial charge in [-0.15, -0.1) is 21.5 Å². The van der Waals surface area contributed by atoms with Crippen molar-refractivity contribution in [1.29, 1.82) is 0 Å². The van der Waals surface area contributed by atoms with Crippen molar-refractivity contribution >= 4 is 33.3 Å². The van der Waals surface area contributed by atoms with E-state index in [1.165, 1.54) is 41.5 Å². The predicted molar refractivity (Wildman–Crippen MR) is 94.4 cm³/mol. The molecule has 24 heavy (non-hydrogen) atoms. The number of aryl methyl sites for hydroxylation is 2. The summed E-state index contributed by atoms with van der Waals surface area (Å²) in [6, 6.07) is 0. The zero-order valence-corrected chi connectivity index (χ0v) is 15.4. The van der Waals surface area contributed by atoms with Gasteiger partial charge in [-0.25, -0.2) is 9.97 Å². The van der Waals surface area contributed by atoms with Gasteiger partial charge in [0.2, 0.25) is 5.89 Å². The first-order valence-electron chi connectivity index (χ1n) is 8.14. The van der Waals surface area contributed by atoms with Gasteiger partial charge in [0.1, 0.15) is 16.2 Å². The van der Waals surface area contributed by atoms with Gasteiger partial charge in [-0.05, 0) is 57.1 Å². The van der Waals surface area contributed by atoms with Crippen LogP contribution in [0, 0.1) is 13.8 Å². The lowest BCUT2D eigenvalue weighted by atomic mass is 10.1. The Morgan fingerprint density at radius 2 is 2.00 bits per heavy atom. The highest BCUT2D eigenvalue weighted by molar-refractivity contribution is 7.99. The topological polar surface area (TPSA) is 67.9 Å². The van der Waals surface area contributed by atoms with E-state index in [9.17, 15) is 0 Å². The molecule has 0 N–H and O–H groups in total. The molecule has 0 saturated carbocycles. The maximum atomic E-state index is 5.83. The minimum atomic E-state index is 0.547. The van der Waals surface area contributed by atoms with E-state index < -0.39 is 0 Å². The van der Waals surface area contributed by atoms with Crippen LogP contribution in [0.5, 0.6) is 0 Å². The smallest absolute Gasteiger partial charge is 0.283 e. The largest absolute Gasteiger partial charge is 0.414 e. The van der Waals surface area contributed by atoms with Crippen molar-refractivity contribution in [3.8, 4) is 0 Å². The minimum absolute atomic E-state index is 0.547. The van der Waals surface area contributed by atoms with Crippen LogP contribution in [0.3, 0.4) is 0 Å². The summed E-state index contributed by atoms with van der Waals surface area (Å²) in [5.74, 6) is 0.683. The quantitative estimate of drug-likeness (QED) is 0.654. The summed E-state index contributed by atoms with van der Waals surface area (Å²) in [5.41, 5.74) is 1.23. The highest BCUT2D eigenvalue weighted by atomic mass is 32.2. The normalized spacial score (nSPS) is 16.1. The number of rotatable bonds is 4. The predicted octanol–water partition coefficient (Wildman–Crippen LogP) is 3.83. The zero-order valence-electron chi connectivity index (χ0n) is 13.8. The highest BCUT2D eigenvalue weighted by Crippen LogP contribution is 2.36. The molecule has 3 aromatic heterocycles. The highest BCUT2D eigenvalue weighted by Gasteiger charge is 2.18. The Morgan fingerprint density at radius 1 is 1.17 bits per heavy atom. The summed E-state index contributed by atoms with van der Waals surface area (Å²) < 4.78 is 5.83. The van der Waals surface area contributed by atoms with Gasteiger partial charge in [0.25, 0.3) is 5.22 Å². The van der Waals surface area contributed by atoms with Crippen LogP contribution in [-0.4, -0.2) is 38.2 Å².